The third-order valence-corrected chi connectivity index (χ3v) is 13.2. The van der Waals surface area contributed by atoms with Crippen molar-refractivity contribution in [3.8, 4) is 28.7 Å². The number of ether oxygens (including phenoxy) is 3. The van der Waals surface area contributed by atoms with E-state index in [-0.39, 0.29) is 42.6 Å². The van der Waals surface area contributed by atoms with Gasteiger partial charge in [0.15, 0.2) is 0 Å². The number of aryl methyl sites for hydroxylation is 1. The Labute approximate surface area is 302 Å². The van der Waals surface area contributed by atoms with Crippen LogP contribution in [-0.4, -0.2) is 43.6 Å². The molecule has 266 valence electrons. The molecule has 0 bridgehead atoms. The van der Waals surface area contributed by atoms with Gasteiger partial charge in [-0.2, -0.15) is 0 Å². The third kappa shape index (κ3) is 8.03. The average molecular weight is 757 g/mol. The molecule has 0 radical (unpaired) electrons. The lowest BCUT2D eigenvalue weighted by atomic mass is 10.2. The van der Waals surface area contributed by atoms with Gasteiger partial charge in [-0.15, -0.1) is 0 Å². The van der Waals surface area contributed by atoms with Gasteiger partial charge < -0.3 is 19.3 Å². The molecule has 0 heterocycles. The van der Waals surface area contributed by atoms with E-state index in [9.17, 15) is 25.3 Å². The molecular weight excluding hydrogens is 725 g/mol. The van der Waals surface area contributed by atoms with Crippen molar-refractivity contribution < 1.29 is 44.6 Å². The highest BCUT2D eigenvalue weighted by Gasteiger charge is 2.20. The molecule has 10 nitrogen and oxygen atoms in total. The highest BCUT2D eigenvalue weighted by atomic mass is 32.2. The topological polar surface area (TPSA) is 150 Å². The summed E-state index contributed by atoms with van der Waals surface area (Å²) in [5, 5.41) is 8.88. The molecule has 1 N–H and O–H groups in total. The van der Waals surface area contributed by atoms with Crippen LogP contribution >= 0.6 is 0 Å². The van der Waals surface area contributed by atoms with E-state index in [0.717, 1.165) is 5.56 Å². The number of aliphatic hydroxyl groups excluding tert-OH is 1. The first kappa shape index (κ1) is 36.3. The van der Waals surface area contributed by atoms with Gasteiger partial charge in [0.25, 0.3) is 0 Å². The van der Waals surface area contributed by atoms with E-state index >= 15 is 0 Å². The monoisotopic (exact) mass is 756 g/mol. The quantitative estimate of drug-likeness (QED) is 0.126. The zero-order valence-corrected chi connectivity index (χ0v) is 30.1. The summed E-state index contributed by atoms with van der Waals surface area (Å²) in [4.78, 5) is 0.526. The van der Waals surface area contributed by atoms with Crippen LogP contribution in [0.4, 0.5) is 0 Å². The molecule has 0 aliphatic rings. The third-order valence-electron chi connectivity index (χ3n) is 7.83. The zero-order valence-electron chi connectivity index (χ0n) is 27.6. The first-order chi connectivity index (χ1) is 24.9. The average Bonchev–Trinajstić information content (AvgIpc) is 3.15. The van der Waals surface area contributed by atoms with Gasteiger partial charge in [0.1, 0.15) is 35.4 Å². The maximum atomic E-state index is 13.3. The molecule has 0 aliphatic heterocycles. The standard InChI is InChI=1S/C39H32O10S3/c1-28-2-14-34(15-3-28)50(41,42)36-18-6-30(7-19-36)48-32-10-22-38(23-11-32)52(45,46)39-24-12-33(13-25-39)49-31-8-20-37(21-9-31)51(43,44)35-16-4-29(5-17-35)47-27-26-40/h2-25,40H,26-27H2,1H3. The Kier molecular flexibility index (Phi) is 10.5. The second-order valence-electron chi connectivity index (χ2n) is 11.5. The van der Waals surface area contributed by atoms with Crippen LogP contribution in [0.25, 0.3) is 0 Å². The Morgan fingerprint density at radius 1 is 0.385 bits per heavy atom. The van der Waals surface area contributed by atoms with Gasteiger partial charge in [-0.1, -0.05) is 17.7 Å². The van der Waals surface area contributed by atoms with Crippen LogP contribution in [0.2, 0.25) is 0 Å². The molecule has 0 unspecified atom stereocenters. The Morgan fingerprint density at radius 2 is 0.615 bits per heavy atom. The van der Waals surface area contributed by atoms with Gasteiger partial charge in [0.2, 0.25) is 29.5 Å². The van der Waals surface area contributed by atoms with Crippen LogP contribution in [0, 0.1) is 6.92 Å². The minimum atomic E-state index is -3.89. The van der Waals surface area contributed by atoms with E-state index in [4.69, 9.17) is 19.3 Å². The molecule has 0 amide bonds. The summed E-state index contributed by atoms with van der Waals surface area (Å²) in [6.45, 7) is 1.82. The van der Waals surface area contributed by atoms with Gasteiger partial charge in [0.05, 0.1) is 36.0 Å². The van der Waals surface area contributed by atoms with Crippen LogP contribution in [0.1, 0.15) is 5.56 Å². The minimum absolute atomic E-state index is 0.0353. The zero-order chi connectivity index (χ0) is 36.9. The number of aliphatic hydroxyl groups is 1. The molecule has 0 aromatic heterocycles. The summed E-state index contributed by atoms with van der Waals surface area (Å²) < 4.78 is 95.6. The normalized spacial score (nSPS) is 11.9. The molecule has 6 aromatic carbocycles. The lowest BCUT2D eigenvalue weighted by Crippen LogP contribution is -2.04. The lowest BCUT2D eigenvalue weighted by molar-refractivity contribution is 0.201. The summed E-state index contributed by atoms with van der Waals surface area (Å²) in [7, 11) is -11.4. The Hall–Kier alpha value is -5.47. The van der Waals surface area contributed by atoms with Crippen LogP contribution in [-0.2, 0) is 29.5 Å². The van der Waals surface area contributed by atoms with Crippen LogP contribution in [0.15, 0.2) is 175 Å². The molecule has 0 saturated heterocycles. The summed E-state index contributed by atoms with van der Waals surface area (Å²) in [5.41, 5.74) is 0.953. The van der Waals surface area contributed by atoms with Crippen molar-refractivity contribution in [1.29, 1.82) is 0 Å². The fourth-order valence-corrected chi connectivity index (χ4v) is 8.81. The first-order valence-electron chi connectivity index (χ1n) is 15.8. The molecule has 13 heteroatoms. The van der Waals surface area contributed by atoms with E-state index in [1.807, 2.05) is 6.92 Å². The van der Waals surface area contributed by atoms with E-state index in [1.54, 1.807) is 24.3 Å². The maximum absolute atomic E-state index is 13.3. The largest absolute Gasteiger partial charge is 0.491 e. The molecule has 52 heavy (non-hydrogen) atoms. The molecular formula is C39H32O10S3. The van der Waals surface area contributed by atoms with Gasteiger partial charge in [-0.3, -0.25) is 0 Å². The minimum Gasteiger partial charge on any atom is -0.491 e. The fourth-order valence-electron chi connectivity index (χ4n) is 5.02. The molecule has 6 rings (SSSR count). The summed E-state index contributed by atoms with van der Waals surface area (Å²) in [6.07, 6.45) is 0. The summed E-state index contributed by atoms with van der Waals surface area (Å²) in [5.74, 6) is 1.86. The first-order valence-corrected chi connectivity index (χ1v) is 20.2. The second kappa shape index (κ2) is 15.0. The number of rotatable bonds is 13. The van der Waals surface area contributed by atoms with Crippen molar-refractivity contribution >= 4 is 29.5 Å². The molecule has 0 aliphatic carbocycles. The van der Waals surface area contributed by atoms with Crippen molar-refractivity contribution in [2.75, 3.05) is 13.2 Å². The summed E-state index contributed by atoms with van der Waals surface area (Å²) >= 11 is 0. The number of sulfone groups is 3. The Morgan fingerprint density at radius 3 is 0.865 bits per heavy atom. The maximum Gasteiger partial charge on any atom is 0.206 e. The summed E-state index contributed by atoms with van der Waals surface area (Å²) in [6, 6.07) is 36.0. The highest BCUT2D eigenvalue weighted by molar-refractivity contribution is 7.92. The lowest BCUT2D eigenvalue weighted by Gasteiger charge is -2.10. The number of hydrogen-bond donors (Lipinski definition) is 1. The predicted octanol–water partition coefficient (Wildman–Crippen LogP) is 7.45. The van der Waals surface area contributed by atoms with Crippen molar-refractivity contribution in [3.63, 3.8) is 0 Å². The number of hydrogen-bond acceptors (Lipinski definition) is 10. The van der Waals surface area contributed by atoms with Crippen molar-refractivity contribution in [2.24, 2.45) is 0 Å². The van der Waals surface area contributed by atoms with Crippen LogP contribution in [0.3, 0.4) is 0 Å². The van der Waals surface area contributed by atoms with Crippen molar-refractivity contribution in [3.05, 3.63) is 151 Å². The molecule has 0 atom stereocenters. The van der Waals surface area contributed by atoms with Crippen LogP contribution in [0.5, 0.6) is 28.7 Å². The van der Waals surface area contributed by atoms with E-state index in [2.05, 4.69) is 0 Å². The predicted molar refractivity (Wildman–Crippen MR) is 192 cm³/mol. The van der Waals surface area contributed by atoms with Crippen molar-refractivity contribution in [1.82, 2.24) is 0 Å². The second-order valence-corrected chi connectivity index (χ2v) is 17.3. The molecule has 0 fully saturated rings. The molecule has 6 aromatic rings. The Bertz CT molecular complexity index is 2480. The number of benzene rings is 6. The molecule has 0 saturated carbocycles. The van der Waals surface area contributed by atoms with Gasteiger partial charge in [-0.05, 0) is 140 Å². The highest BCUT2D eigenvalue weighted by Crippen LogP contribution is 2.31. The SMILES string of the molecule is Cc1ccc(S(=O)(=O)c2ccc(Oc3ccc(S(=O)(=O)c4ccc(Oc5ccc(S(=O)(=O)c6ccc(OCCO)cc6)cc5)cc4)cc3)cc2)cc1. The van der Waals surface area contributed by atoms with Gasteiger partial charge >= 0.3 is 0 Å². The van der Waals surface area contributed by atoms with E-state index < -0.39 is 29.5 Å². The van der Waals surface area contributed by atoms with E-state index in [0.29, 0.717) is 28.7 Å². The smallest absolute Gasteiger partial charge is 0.206 e. The fraction of sp³-hybridized carbons (Fsp3) is 0.0769. The van der Waals surface area contributed by atoms with Gasteiger partial charge in [-0.25, -0.2) is 25.3 Å². The van der Waals surface area contributed by atoms with Crippen LogP contribution < -0.4 is 14.2 Å². The van der Waals surface area contributed by atoms with E-state index in [1.165, 1.54) is 121 Å². The van der Waals surface area contributed by atoms with Crippen molar-refractivity contribution in [2.45, 2.75) is 36.3 Å². The van der Waals surface area contributed by atoms with Gasteiger partial charge in [0, 0.05) is 0 Å². The Balaban J connectivity index is 1.07. The molecule has 0 spiro atoms.